The van der Waals surface area contributed by atoms with E-state index in [1.165, 1.54) is 12.1 Å². The lowest BCUT2D eigenvalue weighted by Gasteiger charge is -2.06. The van der Waals surface area contributed by atoms with E-state index in [4.69, 9.17) is 5.11 Å². The van der Waals surface area contributed by atoms with Gasteiger partial charge < -0.3 is 10.4 Å². The zero-order valence-electron chi connectivity index (χ0n) is 10.8. The van der Waals surface area contributed by atoms with E-state index in [1.54, 1.807) is 30.3 Å². The van der Waals surface area contributed by atoms with Gasteiger partial charge in [0.2, 0.25) is 0 Å². The number of benzene rings is 1. The van der Waals surface area contributed by atoms with Crippen LogP contribution in [0.2, 0.25) is 0 Å². The number of halogens is 1. The molecule has 0 aliphatic rings. The van der Waals surface area contributed by atoms with Crippen molar-refractivity contribution in [1.82, 2.24) is 10.3 Å². The van der Waals surface area contributed by atoms with E-state index in [0.717, 1.165) is 0 Å². The third-order valence-corrected chi connectivity index (χ3v) is 2.86. The molecule has 0 atom stereocenters. The maximum atomic E-state index is 13.4. The van der Waals surface area contributed by atoms with Crippen LogP contribution in [0.5, 0.6) is 0 Å². The van der Waals surface area contributed by atoms with Gasteiger partial charge >= 0.3 is 5.97 Å². The Hall–Kier alpha value is -2.27. The van der Waals surface area contributed by atoms with Crippen molar-refractivity contribution in [1.29, 1.82) is 0 Å². The third kappa shape index (κ3) is 3.86. The topological polar surface area (TPSA) is 62.2 Å². The Morgan fingerprint density at radius 1 is 1.20 bits per heavy atom. The molecule has 0 aliphatic carbocycles. The van der Waals surface area contributed by atoms with Gasteiger partial charge in [-0.25, -0.2) is 14.2 Å². The molecule has 0 aliphatic heterocycles. The molecule has 104 valence electrons. The Labute approximate surface area is 116 Å². The van der Waals surface area contributed by atoms with Crippen LogP contribution in [0.4, 0.5) is 4.39 Å². The SMILES string of the molecule is O=C(O)c1cccc(CNCCc2ccccc2F)n1. The van der Waals surface area contributed by atoms with Gasteiger partial charge in [-0.2, -0.15) is 0 Å². The number of aromatic nitrogens is 1. The number of carbonyl (C=O) groups is 1. The lowest BCUT2D eigenvalue weighted by Crippen LogP contribution is -2.18. The number of carboxylic acids is 1. The summed E-state index contributed by atoms with van der Waals surface area (Å²) in [5.74, 6) is -1.25. The molecule has 1 aromatic carbocycles. The highest BCUT2D eigenvalue weighted by molar-refractivity contribution is 5.85. The fraction of sp³-hybridized carbons (Fsp3) is 0.200. The molecule has 4 nitrogen and oxygen atoms in total. The Morgan fingerprint density at radius 3 is 2.75 bits per heavy atom. The van der Waals surface area contributed by atoms with E-state index in [1.807, 2.05) is 0 Å². The minimum atomic E-state index is -1.04. The monoisotopic (exact) mass is 274 g/mol. The van der Waals surface area contributed by atoms with Crippen molar-refractivity contribution in [3.8, 4) is 0 Å². The van der Waals surface area contributed by atoms with E-state index in [0.29, 0.717) is 30.8 Å². The summed E-state index contributed by atoms with van der Waals surface area (Å²) in [7, 11) is 0. The zero-order chi connectivity index (χ0) is 14.4. The second kappa shape index (κ2) is 6.77. The second-order valence-electron chi connectivity index (χ2n) is 4.34. The van der Waals surface area contributed by atoms with Crippen LogP contribution in [0, 0.1) is 5.82 Å². The van der Waals surface area contributed by atoms with Crippen LogP contribution in [-0.2, 0) is 13.0 Å². The van der Waals surface area contributed by atoms with Crippen molar-refractivity contribution in [3.63, 3.8) is 0 Å². The Bertz CT molecular complexity index is 602. The van der Waals surface area contributed by atoms with Crippen molar-refractivity contribution in [2.45, 2.75) is 13.0 Å². The zero-order valence-corrected chi connectivity index (χ0v) is 10.8. The number of hydrogen-bond donors (Lipinski definition) is 2. The largest absolute Gasteiger partial charge is 0.477 e. The third-order valence-electron chi connectivity index (χ3n) is 2.86. The van der Waals surface area contributed by atoms with Gasteiger partial charge in [0.15, 0.2) is 0 Å². The lowest BCUT2D eigenvalue weighted by molar-refractivity contribution is 0.0690. The van der Waals surface area contributed by atoms with Crippen molar-refractivity contribution in [3.05, 3.63) is 65.2 Å². The first kappa shape index (κ1) is 14.1. The molecule has 0 unspecified atom stereocenters. The molecule has 2 aromatic rings. The first-order valence-corrected chi connectivity index (χ1v) is 6.30. The van der Waals surface area contributed by atoms with E-state index < -0.39 is 5.97 Å². The van der Waals surface area contributed by atoms with Crippen LogP contribution in [-0.4, -0.2) is 22.6 Å². The van der Waals surface area contributed by atoms with Gasteiger partial charge in [-0.15, -0.1) is 0 Å². The van der Waals surface area contributed by atoms with Crippen molar-refractivity contribution in [2.75, 3.05) is 6.54 Å². The van der Waals surface area contributed by atoms with Gasteiger partial charge in [0.25, 0.3) is 0 Å². The molecule has 1 aromatic heterocycles. The number of hydrogen-bond acceptors (Lipinski definition) is 3. The fourth-order valence-electron chi connectivity index (χ4n) is 1.84. The van der Waals surface area contributed by atoms with Gasteiger partial charge in [-0.1, -0.05) is 24.3 Å². The molecule has 0 fully saturated rings. The molecule has 0 radical (unpaired) electrons. The molecule has 0 spiro atoms. The van der Waals surface area contributed by atoms with Crippen LogP contribution in [0.25, 0.3) is 0 Å². The summed E-state index contributed by atoms with van der Waals surface area (Å²) in [5, 5.41) is 12.0. The summed E-state index contributed by atoms with van der Waals surface area (Å²) < 4.78 is 13.4. The van der Waals surface area contributed by atoms with Crippen LogP contribution >= 0.6 is 0 Å². The Kier molecular flexibility index (Phi) is 4.79. The van der Waals surface area contributed by atoms with E-state index in [2.05, 4.69) is 10.3 Å². The normalized spacial score (nSPS) is 10.4. The van der Waals surface area contributed by atoms with Crippen LogP contribution in [0.3, 0.4) is 0 Å². The molecule has 2 N–H and O–H groups in total. The summed E-state index contributed by atoms with van der Waals surface area (Å²) in [6.07, 6.45) is 0.575. The van der Waals surface area contributed by atoms with E-state index in [9.17, 15) is 9.18 Å². The molecule has 0 amide bonds. The number of nitrogens with zero attached hydrogens (tertiary/aromatic N) is 1. The molecule has 0 saturated heterocycles. The highest BCUT2D eigenvalue weighted by atomic mass is 19.1. The predicted molar refractivity (Wildman–Crippen MR) is 73.0 cm³/mol. The molecule has 20 heavy (non-hydrogen) atoms. The van der Waals surface area contributed by atoms with Gasteiger partial charge in [0, 0.05) is 6.54 Å². The van der Waals surface area contributed by atoms with Crippen LogP contribution < -0.4 is 5.32 Å². The maximum Gasteiger partial charge on any atom is 0.354 e. The number of carboxylic acid groups (broad SMARTS) is 1. The summed E-state index contributed by atoms with van der Waals surface area (Å²) in [4.78, 5) is 14.8. The van der Waals surface area contributed by atoms with Crippen molar-refractivity contribution in [2.24, 2.45) is 0 Å². The van der Waals surface area contributed by atoms with Crippen molar-refractivity contribution < 1.29 is 14.3 Å². The fourth-order valence-corrected chi connectivity index (χ4v) is 1.84. The average molecular weight is 274 g/mol. The molecule has 1 heterocycles. The second-order valence-corrected chi connectivity index (χ2v) is 4.34. The summed E-state index contributed by atoms with van der Waals surface area (Å²) in [6.45, 7) is 1.05. The van der Waals surface area contributed by atoms with E-state index in [-0.39, 0.29) is 11.5 Å². The minimum absolute atomic E-state index is 0.0263. The van der Waals surface area contributed by atoms with Gasteiger partial charge in [0.05, 0.1) is 5.69 Å². The van der Waals surface area contributed by atoms with Crippen molar-refractivity contribution >= 4 is 5.97 Å². The number of rotatable bonds is 6. The minimum Gasteiger partial charge on any atom is -0.477 e. The smallest absolute Gasteiger partial charge is 0.354 e. The molecular formula is C15H15FN2O2. The summed E-state index contributed by atoms with van der Waals surface area (Å²) >= 11 is 0. The molecule has 2 rings (SSSR count). The summed E-state index contributed by atoms with van der Waals surface area (Å²) in [6, 6.07) is 11.5. The quantitative estimate of drug-likeness (QED) is 0.793. The Balaban J connectivity index is 1.83. The molecular weight excluding hydrogens is 259 g/mol. The lowest BCUT2D eigenvalue weighted by atomic mass is 10.1. The van der Waals surface area contributed by atoms with Crippen LogP contribution in [0.15, 0.2) is 42.5 Å². The maximum absolute atomic E-state index is 13.4. The van der Waals surface area contributed by atoms with Gasteiger partial charge in [0.1, 0.15) is 11.5 Å². The highest BCUT2D eigenvalue weighted by Crippen LogP contribution is 2.06. The first-order valence-electron chi connectivity index (χ1n) is 6.30. The highest BCUT2D eigenvalue weighted by Gasteiger charge is 2.05. The summed E-state index contributed by atoms with van der Waals surface area (Å²) in [5.41, 5.74) is 1.34. The molecule has 5 heteroatoms. The van der Waals surface area contributed by atoms with E-state index >= 15 is 0 Å². The first-order chi connectivity index (χ1) is 9.66. The van der Waals surface area contributed by atoms with Crippen LogP contribution in [0.1, 0.15) is 21.7 Å². The number of pyridine rings is 1. The van der Waals surface area contributed by atoms with Gasteiger partial charge in [-0.3, -0.25) is 0 Å². The number of aromatic carboxylic acids is 1. The van der Waals surface area contributed by atoms with Gasteiger partial charge in [-0.05, 0) is 36.7 Å². The standard InChI is InChI=1S/C15H15FN2O2/c16-13-6-2-1-4-11(13)8-9-17-10-12-5-3-7-14(18-12)15(19)20/h1-7,17H,8-10H2,(H,19,20). The molecule has 0 bridgehead atoms. The predicted octanol–water partition coefficient (Wildman–Crippen LogP) is 2.25. The average Bonchev–Trinajstić information content (AvgIpc) is 2.45. The Morgan fingerprint density at radius 2 is 2.00 bits per heavy atom. The number of nitrogens with one attached hydrogen (secondary N) is 1. The molecule has 0 saturated carbocycles.